The van der Waals surface area contributed by atoms with Gasteiger partial charge >= 0.3 is 6.09 Å². The molecule has 1 aromatic heterocycles. The second-order valence-electron chi connectivity index (χ2n) is 7.06. The molecule has 6 nitrogen and oxygen atoms in total. The molecule has 25 heavy (non-hydrogen) atoms. The first-order valence-electron chi connectivity index (χ1n) is 9.04. The van der Waals surface area contributed by atoms with E-state index in [2.05, 4.69) is 4.98 Å². The van der Waals surface area contributed by atoms with Gasteiger partial charge in [-0.15, -0.1) is 0 Å². The minimum Gasteiger partial charge on any atom is -0.449 e. The van der Waals surface area contributed by atoms with Gasteiger partial charge in [0.25, 0.3) is 0 Å². The summed E-state index contributed by atoms with van der Waals surface area (Å²) in [5.74, 6) is 0.477. The van der Waals surface area contributed by atoms with Crippen LogP contribution in [-0.2, 0) is 16.0 Å². The summed E-state index contributed by atoms with van der Waals surface area (Å²) in [4.78, 5) is 32.3. The average Bonchev–Trinajstić information content (AvgIpc) is 2.64. The molecule has 0 aliphatic carbocycles. The average molecular weight is 347 g/mol. The first-order chi connectivity index (χ1) is 12.0. The number of rotatable bonds is 6. The quantitative estimate of drug-likeness (QED) is 0.793. The lowest BCUT2D eigenvalue weighted by Crippen LogP contribution is -2.44. The number of likely N-dealkylation sites (N-methyl/N-ethyl adjacent to an activating group) is 1. The van der Waals surface area contributed by atoms with Gasteiger partial charge in [-0.25, -0.2) is 4.79 Å². The van der Waals surface area contributed by atoms with E-state index in [9.17, 15) is 9.59 Å². The Balaban J connectivity index is 1.73. The molecule has 0 saturated carbocycles. The Bertz CT molecular complexity index is 554. The van der Waals surface area contributed by atoms with Crippen LogP contribution in [0.5, 0.6) is 0 Å². The number of carbonyl (C=O) groups is 2. The summed E-state index contributed by atoms with van der Waals surface area (Å²) in [5.41, 5.74) is 0.991. The van der Waals surface area contributed by atoms with Gasteiger partial charge in [-0.1, -0.05) is 19.9 Å². The fourth-order valence-corrected chi connectivity index (χ4v) is 2.89. The van der Waals surface area contributed by atoms with Crippen LogP contribution in [0.3, 0.4) is 0 Å². The van der Waals surface area contributed by atoms with E-state index in [0.717, 1.165) is 12.1 Å². The van der Waals surface area contributed by atoms with Crippen molar-refractivity contribution in [3.63, 3.8) is 0 Å². The summed E-state index contributed by atoms with van der Waals surface area (Å²) in [6.07, 6.45) is 3.66. The number of ether oxygens (including phenoxy) is 1. The number of carbonyl (C=O) groups excluding carboxylic acids is 2. The molecule has 0 bridgehead atoms. The van der Waals surface area contributed by atoms with Gasteiger partial charge in [0.05, 0.1) is 6.61 Å². The first-order valence-corrected chi connectivity index (χ1v) is 9.04. The first kappa shape index (κ1) is 19.2. The molecule has 1 aliphatic rings. The van der Waals surface area contributed by atoms with Crippen molar-refractivity contribution in [3.05, 3.63) is 30.1 Å². The zero-order chi connectivity index (χ0) is 18.2. The molecule has 0 N–H and O–H groups in total. The standard InChI is InChI=1S/C19H29N3O3/c1-15(2)14-25-19(24)22-12-7-16(8-13-22)18(23)21(3)11-9-17-6-4-5-10-20-17/h4-6,10,15-16H,7-9,11-14H2,1-3H3. The molecule has 6 heteroatoms. The molecule has 138 valence electrons. The van der Waals surface area contributed by atoms with E-state index >= 15 is 0 Å². The summed E-state index contributed by atoms with van der Waals surface area (Å²) < 4.78 is 5.26. The van der Waals surface area contributed by atoms with Crippen molar-refractivity contribution in [2.24, 2.45) is 11.8 Å². The third kappa shape index (κ3) is 6.03. The van der Waals surface area contributed by atoms with Gasteiger partial charge < -0.3 is 14.5 Å². The fraction of sp³-hybridized carbons (Fsp3) is 0.632. The van der Waals surface area contributed by atoms with Crippen LogP contribution in [0.2, 0.25) is 0 Å². The second-order valence-corrected chi connectivity index (χ2v) is 7.06. The molecule has 2 amide bonds. The van der Waals surface area contributed by atoms with Crippen LogP contribution in [0.15, 0.2) is 24.4 Å². The van der Waals surface area contributed by atoms with Crippen molar-refractivity contribution in [1.82, 2.24) is 14.8 Å². The third-order valence-electron chi connectivity index (χ3n) is 4.45. The Morgan fingerprint density at radius 1 is 1.32 bits per heavy atom. The molecule has 0 aromatic carbocycles. The van der Waals surface area contributed by atoms with Gasteiger partial charge in [0.15, 0.2) is 0 Å². The predicted octanol–water partition coefficient (Wildman–Crippen LogP) is 2.59. The summed E-state index contributed by atoms with van der Waals surface area (Å²) in [6, 6.07) is 5.82. The van der Waals surface area contributed by atoms with E-state index in [-0.39, 0.29) is 17.9 Å². The number of hydrogen-bond acceptors (Lipinski definition) is 4. The van der Waals surface area contributed by atoms with Gasteiger partial charge in [-0.2, -0.15) is 0 Å². The largest absolute Gasteiger partial charge is 0.449 e. The molecule has 2 rings (SSSR count). The Morgan fingerprint density at radius 3 is 2.64 bits per heavy atom. The van der Waals surface area contributed by atoms with Crippen LogP contribution in [0, 0.1) is 11.8 Å². The minimum atomic E-state index is -0.261. The number of likely N-dealkylation sites (tertiary alicyclic amines) is 1. The van der Waals surface area contributed by atoms with E-state index in [1.165, 1.54) is 0 Å². The van der Waals surface area contributed by atoms with Crippen LogP contribution in [0.25, 0.3) is 0 Å². The third-order valence-corrected chi connectivity index (χ3v) is 4.45. The Kier molecular flexibility index (Phi) is 7.22. The number of hydrogen-bond donors (Lipinski definition) is 0. The van der Waals surface area contributed by atoms with E-state index in [1.54, 1.807) is 16.0 Å². The highest BCUT2D eigenvalue weighted by Crippen LogP contribution is 2.20. The SMILES string of the molecule is CC(C)COC(=O)N1CCC(C(=O)N(C)CCc2ccccn2)CC1. The Hall–Kier alpha value is -2.11. The van der Waals surface area contributed by atoms with Crippen LogP contribution < -0.4 is 0 Å². The number of nitrogens with zero attached hydrogens (tertiary/aromatic N) is 3. The van der Waals surface area contributed by atoms with Crippen molar-refractivity contribution >= 4 is 12.0 Å². The Morgan fingerprint density at radius 2 is 2.04 bits per heavy atom. The zero-order valence-electron chi connectivity index (χ0n) is 15.5. The molecule has 1 saturated heterocycles. The van der Waals surface area contributed by atoms with Gasteiger partial charge in [0, 0.05) is 50.9 Å². The number of piperidine rings is 1. The molecular weight excluding hydrogens is 318 g/mol. The van der Waals surface area contributed by atoms with E-state index < -0.39 is 0 Å². The smallest absolute Gasteiger partial charge is 0.409 e. The summed E-state index contributed by atoms with van der Waals surface area (Å²) in [6.45, 7) is 6.29. The van der Waals surface area contributed by atoms with Crippen LogP contribution >= 0.6 is 0 Å². The van der Waals surface area contributed by atoms with E-state index in [4.69, 9.17) is 4.74 Å². The van der Waals surface area contributed by atoms with Crippen molar-refractivity contribution in [2.75, 3.05) is 33.3 Å². The molecular formula is C19H29N3O3. The number of aromatic nitrogens is 1. The highest BCUT2D eigenvalue weighted by molar-refractivity contribution is 5.79. The van der Waals surface area contributed by atoms with Crippen molar-refractivity contribution in [3.8, 4) is 0 Å². The number of amides is 2. The number of pyridine rings is 1. The molecule has 2 heterocycles. The molecule has 1 aromatic rings. The molecule has 1 aliphatic heterocycles. The minimum absolute atomic E-state index is 0.0112. The van der Waals surface area contributed by atoms with Crippen LogP contribution in [0.1, 0.15) is 32.4 Å². The highest BCUT2D eigenvalue weighted by Gasteiger charge is 2.29. The maximum atomic E-state index is 12.6. The van der Waals surface area contributed by atoms with Gasteiger partial charge in [0.1, 0.15) is 0 Å². The predicted molar refractivity (Wildman–Crippen MR) is 96.1 cm³/mol. The van der Waals surface area contributed by atoms with Crippen molar-refractivity contribution in [1.29, 1.82) is 0 Å². The molecule has 0 unspecified atom stereocenters. The van der Waals surface area contributed by atoms with Crippen LogP contribution in [0.4, 0.5) is 4.79 Å². The fourth-order valence-electron chi connectivity index (χ4n) is 2.89. The maximum absolute atomic E-state index is 12.6. The molecule has 0 spiro atoms. The monoisotopic (exact) mass is 347 g/mol. The summed E-state index contributed by atoms with van der Waals surface area (Å²) in [5, 5.41) is 0. The summed E-state index contributed by atoms with van der Waals surface area (Å²) >= 11 is 0. The van der Waals surface area contributed by atoms with Crippen molar-refractivity contribution < 1.29 is 14.3 Å². The second kappa shape index (κ2) is 9.39. The lowest BCUT2D eigenvalue weighted by molar-refractivity contribution is -0.135. The summed E-state index contributed by atoms with van der Waals surface area (Å²) in [7, 11) is 1.84. The maximum Gasteiger partial charge on any atom is 0.409 e. The van der Waals surface area contributed by atoms with E-state index in [0.29, 0.717) is 45.0 Å². The topological polar surface area (TPSA) is 62.7 Å². The highest BCUT2D eigenvalue weighted by atomic mass is 16.6. The lowest BCUT2D eigenvalue weighted by atomic mass is 9.95. The van der Waals surface area contributed by atoms with Gasteiger partial charge in [-0.3, -0.25) is 9.78 Å². The molecule has 1 fully saturated rings. The van der Waals surface area contributed by atoms with Crippen molar-refractivity contribution in [2.45, 2.75) is 33.1 Å². The Labute approximate surface area is 150 Å². The molecule has 0 atom stereocenters. The molecule has 0 radical (unpaired) electrons. The van der Waals surface area contributed by atoms with E-state index in [1.807, 2.05) is 39.1 Å². The zero-order valence-corrected chi connectivity index (χ0v) is 15.5. The van der Waals surface area contributed by atoms with Crippen LogP contribution in [-0.4, -0.2) is 60.1 Å². The lowest BCUT2D eigenvalue weighted by Gasteiger charge is -2.32. The normalized spacial score (nSPS) is 15.3. The van der Waals surface area contributed by atoms with Gasteiger partial charge in [0.2, 0.25) is 5.91 Å². The van der Waals surface area contributed by atoms with Gasteiger partial charge in [-0.05, 0) is 30.9 Å².